The minimum atomic E-state index is 0.422. The SMILES string of the molecule is CC1C=C(c2cc(-c3ccccc3)c3ccc4c(-c5ccccc5)cc(-c5cccc6ccccc56)nc4c3n2)c2ccccc2C1. The molecule has 6 aromatic carbocycles. The standard InChI is InChI=1S/C45H32N2/c1-29-25-33-18-9-11-21-35(33)41(26-29)43-28-40(32-15-6-3-7-16-32)38-24-23-37-39(31-13-4-2-5-14-31)27-42(46-44(37)45(38)47-43)36-22-12-19-30-17-8-10-20-34(30)36/h2-24,26-29H,25H2,1H3. The van der Waals surface area contributed by atoms with Gasteiger partial charge in [0.25, 0.3) is 0 Å². The molecule has 47 heavy (non-hydrogen) atoms. The van der Waals surface area contributed by atoms with E-state index in [9.17, 15) is 0 Å². The molecule has 2 heteroatoms. The molecule has 2 heterocycles. The van der Waals surface area contributed by atoms with Gasteiger partial charge in [-0.3, -0.25) is 0 Å². The minimum absolute atomic E-state index is 0.422. The van der Waals surface area contributed by atoms with Gasteiger partial charge < -0.3 is 0 Å². The van der Waals surface area contributed by atoms with Gasteiger partial charge in [0.05, 0.1) is 22.4 Å². The van der Waals surface area contributed by atoms with Crippen LogP contribution in [0.3, 0.4) is 0 Å². The molecule has 9 rings (SSSR count). The Labute approximate surface area is 274 Å². The van der Waals surface area contributed by atoms with Gasteiger partial charge in [-0.25, -0.2) is 9.97 Å². The van der Waals surface area contributed by atoms with E-state index in [0.717, 1.165) is 56.3 Å². The van der Waals surface area contributed by atoms with Gasteiger partial charge in [-0.15, -0.1) is 0 Å². The molecule has 0 saturated carbocycles. The molecule has 2 nitrogen and oxygen atoms in total. The van der Waals surface area contributed by atoms with E-state index in [1.165, 1.54) is 38.6 Å². The number of allylic oxidation sites excluding steroid dienone is 1. The summed E-state index contributed by atoms with van der Waals surface area (Å²) in [5, 5.41) is 4.60. The smallest absolute Gasteiger partial charge is 0.0978 e. The van der Waals surface area contributed by atoms with Gasteiger partial charge in [0.15, 0.2) is 0 Å². The van der Waals surface area contributed by atoms with E-state index in [0.29, 0.717) is 5.92 Å². The monoisotopic (exact) mass is 600 g/mol. The fourth-order valence-electron chi connectivity index (χ4n) is 7.38. The number of pyridine rings is 2. The van der Waals surface area contributed by atoms with Gasteiger partial charge in [-0.1, -0.05) is 153 Å². The molecule has 0 fully saturated rings. The number of rotatable bonds is 4. The number of hydrogen-bond acceptors (Lipinski definition) is 2. The molecular formula is C45H32N2. The molecule has 1 aliphatic rings. The molecule has 0 radical (unpaired) electrons. The van der Waals surface area contributed by atoms with Crippen LogP contribution < -0.4 is 0 Å². The van der Waals surface area contributed by atoms with Gasteiger partial charge in [0.2, 0.25) is 0 Å². The van der Waals surface area contributed by atoms with Crippen molar-refractivity contribution in [3.05, 3.63) is 175 Å². The van der Waals surface area contributed by atoms with Crippen molar-refractivity contribution in [1.82, 2.24) is 9.97 Å². The summed E-state index contributed by atoms with van der Waals surface area (Å²) >= 11 is 0. The van der Waals surface area contributed by atoms with Gasteiger partial charge in [-0.2, -0.15) is 0 Å². The van der Waals surface area contributed by atoms with Crippen molar-refractivity contribution in [2.45, 2.75) is 13.3 Å². The number of nitrogens with zero attached hydrogens (tertiary/aromatic N) is 2. The second-order valence-electron chi connectivity index (χ2n) is 12.6. The van der Waals surface area contributed by atoms with Crippen molar-refractivity contribution in [3.63, 3.8) is 0 Å². The van der Waals surface area contributed by atoms with Crippen LogP contribution >= 0.6 is 0 Å². The summed E-state index contributed by atoms with van der Waals surface area (Å²) in [5.74, 6) is 0.422. The zero-order valence-electron chi connectivity index (χ0n) is 26.2. The van der Waals surface area contributed by atoms with Crippen LogP contribution in [-0.2, 0) is 6.42 Å². The predicted octanol–water partition coefficient (Wildman–Crippen LogP) is 11.6. The normalized spacial score (nSPS) is 14.3. The molecule has 2 aromatic heterocycles. The van der Waals surface area contributed by atoms with Crippen molar-refractivity contribution in [2.75, 3.05) is 0 Å². The highest BCUT2D eigenvalue weighted by atomic mass is 14.8. The Kier molecular flexibility index (Phi) is 6.53. The van der Waals surface area contributed by atoms with E-state index in [4.69, 9.17) is 9.97 Å². The van der Waals surface area contributed by atoms with Crippen molar-refractivity contribution < 1.29 is 0 Å². The number of hydrogen-bond donors (Lipinski definition) is 0. The molecular weight excluding hydrogens is 569 g/mol. The third-order valence-electron chi connectivity index (χ3n) is 9.57. The molecule has 0 bridgehead atoms. The Hall–Kier alpha value is -5.86. The number of fused-ring (bicyclic) bond motifs is 5. The summed E-state index contributed by atoms with van der Waals surface area (Å²) in [6.45, 7) is 2.30. The number of aromatic nitrogens is 2. The largest absolute Gasteiger partial charge is 0.245 e. The fourth-order valence-corrected chi connectivity index (χ4v) is 7.38. The summed E-state index contributed by atoms with van der Waals surface area (Å²) in [7, 11) is 0. The van der Waals surface area contributed by atoms with E-state index in [-0.39, 0.29) is 0 Å². The minimum Gasteiger partial charge on any atom is -0.245 e. The van der Waals surface area contributed by atoms with Crippen LogP contribution in [0.5, 0.6) is 0 Å². The Morgan fingerprint density at radius 3 is 1.74 bits per heavy atom. The topological polar surface area (TPSA) is 25.8 Å². The second kappa shape index (κ2) is 11.2. The van der Waals surface area contributed by atoms with Crippen molar-refractivity contribution in [3.8, 4) is 33.5 Å². The molecule has 0 aliphatic heterocycles. The van der Waals surface area contributed by atoms with Gasteiger partial charge >= 0.3 is 0 Å². The maximum absolute atomic E-state index is 5.55. The average Bonchev–Trinajstić information content (AvgIpc) is 3.14. The fraction of sp³-hybridized carbons (Fsp3) is 0.0667. The van der Waals surface area contributed by atoms with E-state index < -0.39 is 0 Å². The van der Waals surface area contributed by atoms with Crippen LogP contribution in [0.1, 0.15) is 23.7 Å². The van der Waals surface area contributed by atoms with Crippen LogP contribution in [0.25, 0.3) is 71.7 Å². The van der Waals surface area contributed by atoms with Gasteiger partial charge in [-0.05, 0) is 68.6 Å². The first-order valence-corrected chi connectivity index (χ1v) is 16.4. The zero-order valence-corrected chi connectivity index (χ0v) is 26.2. The van der Waals surface area contributed by atoms with Crippen molar-refractivity contribution in [2.24, 2.45) is 5.92 Å². The molecule has 8 aromatic rings. The van der Waals surface area contributed by atoms with Crippen LogP contribution in [0, 0.1) is 5.92 Å². The lowest BCUT2D eigenvalue weighted by Gasteiger charge is -2.23. The predicted molar refractivity (Wildman–Crippen MR) is 197 cm³/mol. The lowest BCUT2D eigenvalue weighted by atomic mass is 9.83. The van der Waals surface area contributed by atoms with Gasteiger partial charge in [0.1, 0.15) is 0 Å². The average molecular weight is 601 g/mol. The number of benzene rings is 6. The van der Waals surface area contributed by atoms with E-state index in [2.05, 4.69) is 165 Å². The van der Waals surface area contributed by atoms with Crippen molar-refractivity contribution in [1.29, 1.82) is 0 Å². The maximum atomic E-state index is 5.55. The highest BCUT2D eigenvalue weighted by molar-refractivity contribution is 6.14. The summed E-state index contributed by atoms with van der Waals surface area (Å²) in [6, 6.07) is 54.3. The Morgan fingerprint density at radius 2 is 1.02 bits per heavy atom. The third-order valence-corrected chi connectivity index (χ3v) is 9.57. The zero-order chi connectivity index (χ0) is 31.3. The quantitative estimate of drug-likeness (QED) is 0.188. The van der Waals surface area contributed by atoms with Crippen LogP contribution in [0.2, 0.25) is 0 Å². The van der Waals surface area contributed by atoms with Crippen molar-refractivity contribution >= 4 is 38.2 Å². The highest BCUT2D eigenvalue weighted by Crippen LogP contribution is 2.41. The highest BCUT2D eigenvalue weighted by Gasteiger charge is 2.22. The van der Waals surface area contributed by atoms with Crippen LogP contribution in [0.4, 0.5) is 0 Å². The second-order valence-corrected chi connectivity index (χ2v) is 12.6. The van der Waals surface area contributed by atoms with E-state index in [1.54, 1.807) is 0 Å². The van der Waals surface area contributed by atoms with E-state index >= 15 is 0 Å². The van der Waals surface area contributed by atoms with Crippen LogP contribution in [0.15, 0.2) is 158 Å². The lowest BCUT2D eigenvalue weighted by Crippen LogP contribution is -2.09. The molecule has 0 saturated heterocycles. The molecule has 222 valence electrons. The Bertz CT molecular complexity index is 2490. The first-order chi connectivity index (χ1) is 23.2. The maximum Gasteiger partial charge on any atom is 0.0978 e. The molecule has 1 aliphatic carbocycles. The van der Waals surface area contributed by atoms with E-state index in [1.807, 2.05) is 0 Å². The Morgan fingerprint density at radius 1 is 0.468 bits per heavy atom. The first kappa shape index (κ1) is 27.5. The Balaban J connectivity index is 1.41. The summed E-state index contributed by atoms with van der Waals surface area (Å²) in [6.07, 6.45) is 3.44. The van der Waals surface area contributed by atoms with Gasteiger partial charge in [0, 0.05) is 21.9 Å². The summed E-state index contributed by atoms with van der Waals surface area (Å²) < 4.78 is 0. The molecule has 1 unspecified atom stereocenters. The molecule has 0 amide bonds. The summed E-state index contributed by atoms with van der Waals surface area (Å²) in [4.78, 5) is 11.1. The van der Waals surface area contributed by atoms with Crippen LogP contribution in [-0.4, -0.2) is 9.97 Å². The first-order valence-electron chi connectivity index (χ1n) is 16.4. The lowest BCUT2D eigenvalue weighted by molar-refractivity contribution is 0.713. The third kappa shape index (κ3) is 4.73. The summed E-state index contributed by atoms with van der Waals surface area (Å²) in [5.41, 5.74) is 13.4. The molecule has 0 spiro atoms. The molecule has 1 atom stereocenters. The molecule has 0 N–H and O–H groups in total.